The van der Waals surface area contributed by atoms with Gasteiger partial charge in [0.1, 0.15) is 38.8 Å². The van der Waals surface area contributed by atoms with Gasteiger partial charge >= 0.3 is 5.97 Å². The second-order valence-corrected chi connectivity index (χ2v) is 15.8. The van der Waals surface area contributed by atoms with Crippen molar-refractivity contribution in [2.75, 3.05) is 13.7 Å². The molecule has 268 valence electrons. The molecule has 2 unspecified atom stereocenters. The van der Waals surface area contributed by atoms with E-state index in [-0.39, 0.29) is 34.0 Å². The fraction of sp³-hybridized carbons (Fsp3) is 0.270. The smallest absolute Gasteiger partial charge is 0.320 e. The lowest BCUT2D eigenvalue weighted by Gasteiger charge is -2.30. The molecule has 0 radical (unpaired) electrons. The Hall–Kier alpha value is -3.57. The summed E-state index contributed by atoms with van der Waals surface area (Å²) in [5, 5.41) is 11.1. The largest absolute Gasteiger partial charge is 0.495 e. The molecule has 0 amide bonds. The number of imidazole rings is 1. The molecule has 0 aliphatic carbocycles. The van der Waals surface area contributed by atoms with Gasteiger partial charge in [-0.15, -0.1) is 0 Å². The second-order valence-electron chi connectivity index (χ2n) is 12.5. The lowest BCUT2D eigenvalue weighted by molar-refractivity contribution is -0.671. The number of thioether (sulfide) groups is 1. The first-order valence-electron chi connectivity index (χ1n) is 15.9. The van der Waals surface area contributed by atoms with Crippen molar-refractivity contribution >= 4 is 54.5 Å². The van der Waals surface area contributed by atoms with Crippen molar-refractivity contribution in [2.24, 2.45) is 7.05 Å². The zero-order valence-corrected chi connectivity index (χ0v) is 31.9. The summed E-state index contributed by atoms with van der Waals surface area (Å²) < 4.78 is 40.6. The Labute approximate surface area is 311 Å². The highest BCUT2D eigenvalue weighted by Crippen LogP contribution is 2.41. The number of hydrogen-bond donors (Lipinski definition) is 2. The summed E-state index contributed by atoms with van der Waals surface area (Å²) in [6.07, 6.45) is 6.02. The summed E-state index contributed by atoms with van der Waals surface area (Å²) in [6.45, 7) is 5.77. The SMILES string of the molecule is COc1cc(C(C)(C)c2cnc(SCc3c(F)cc(P(O)N(CCc4ccc[n+](C)c4)C(C)C(=O)O)cc3Cl)n2-c2ccc(F)cc2)ccc1Cl. The van der Waals surface area contributed by atoms with Gasteiger partial charge in [0.05, 0.1) is 24.0 Å². The van der Waals surface area contributed by atoms with E-state index in [1.54, 1.807) is 31.5 Å². The molecule has 5 aromatic rings. The average molecular weight is 775 g/mol. The first kappa shape index (κ1) is 38.7. The Morgan fingerprint density at radius 2 is 1.84 bits per heavy atom. The average Bonchev–Trinajstić information content (AvgIpc) is 3.53. The van der Waals surface area contributed by atoms with Crippen LogP contribution in [-0.4, -0.2) is 49.9 Å². The minimum absolute atomic E-state index is 0.0847. The fourth-order valence-electron chi connectivity index (χ4n) is 5.66. The third-order valence-electron chi connectivity index (χ3n) is 8.71. The minimum atomic E-state index is -2.24. The number of pyridine rings is 1. The molecule has 8 nitrogen and oxygen atoms in total. The van der Waals surface area contributed by atoms with E-state index in [1.165, 1.54) is 47.6 Å². The van der Waals surface area contributed by atoms with Crippen LogP contribution in [0.5, 0.6) is 5.75 Å². The van der Waals surface area contributed by atoms with E-state index in [2.05, 4.69) is 0 Å². The van der Waals surface area contributed by atoms with Crippen LogP contribution in [0.2, 0.25) is 10.0 Å². The molecule has 0 saturated heterocycles. The number of ether oxygens (including phenoxy) is 1. The summed E-state index contributed by atoms with van der Waals surface area (Å²) in [5.41, 5.74) is 2.87. The molecule has 0 aliphatic heterocycles. The van der Waals surface area contributed by atoms with Gasteiger partial charge in [-0.25, -0.2) is 23.0 Å². The highest BCUT2D eigenvalue weighted by atomic mass is 35.5. The molecule has 3 aromatic carbocycles. The topological polar surface area (TPSA) is 91.7 Å². The molecule has 51 heavy (non-hydrogen) atoms. The van der Waals surface area contributed by atoms with Crippen molar-refractivity contribution in [3.8, 4) is 11.4 Å². The van der Waals surface area contributed by atoms with E-state index in [9.17, 15) is 19.2 Å². The van der Waals surface area contributed by atoms with Crippen LogP contribution in [0.1, 0.15) is 43.2 Å². The molecule has 2 aromatic heterocycles. The van der Waals surface area contributed by atoms with E-state index < -0.39 is 31.5 Å². The van der Waals surface area contributed by atoms with Crippen LogP contribution in [0.4, 0.5) is 8.78 Å². The number of rotatable bonds is 14. The quantitative estimate of drug-likeness (QED) is 0.0675. The summed E-state index contributed by atoms with van der Waals surface area (Å²) >= 11 is 14.2. The van der Waals surface area contributed by atoms with Gasteiger partial charge in [0, 0.05) is 50.9 Å². The Kier molecular flexibility index (Phi) is 12.4. The number of methoxy groups -OCH3 is 1. The Morgan fingerprint density at radius 1 is 1.12 bits per heavy atom. The van der Waals surface area contributed by atoms with Gasteiger partial charge in [-0.2, -0.15) is 0 Å². The number of benzene rings is 3. The predicted molar refractivity (Wildman–Crippen MR) is 199 cm³/mol. The highest BCUT2D eigenvalue weighted by molar-refractivity contribution is 7.98. The van der Waals surface area contributed by atoms with Crippen LogP contribution in [0.15, 0.2) is 90.5 Å². The van der Waals surface area contributed by atoms with Crippen LogP contribution >= 0.6 is 43.3 Å². The molecule has 0 fully saturated rings. The summed E-state index contributed by atoms with van der Waals surface area (Å²) in [6, 6.07) is 17.1. The molecule has 14 heteroatoms. The summed E-state index contributed by atoms with van der Waals surface area (Å²) in [7, 11) is 1.20. The van der Waals surface area contributed by atoms with Crippen LogP contribution in [0.25, 0.3) is 5.69 Å². The van der Waals surface area contributed by atoms with Crippen molar-refractivity contribution in [1.29, 1.82) is 0 Å². The van der Waals surface area contributed by atoms with Gasteiger partial charge < -0.3 is 14.7 Å². The maximum Gasteiger partial charge on any atom is 0.320 e. The number of hydrogen-bond acceptors (Lipinski definition) is 6. The number of carbonyl (C=O) groups is 1. The van der Waals surface area contributed by atoms with Gasteiger partial charge in [0.2, 0.25) is 0 Å². The third-order valence-corrected chi connectivity index (χ3v) is 12.1. The van der Waals surface area contributed by atoms with E-state index in [0.717, 1.165) is 16.8 Å². The van der Waals surface area contributed by atoms with E-state index in [4.69, 9.17) is 32.9 Å². The minimum Gasteiger partial charge on any atom is -0.495 e. The van der Waals surface area contributed by atoms with Crippen molar-refractivity contribution < 1.29 is 32.9 Å². The molecule has 0 spiro atoms. The lowest BCUT2D eigenvalue weighted by Crippen LogP contribution is -2.39. The second kappa shape index (κ2) is 16.4. The normalized spacial score (nSPS) is 13.0. The van der Waals surface area contributed by atoms with Gasteiger partial charge in [-0.3, -0.25) is 9.36 Å². The van der Waals surface area contributed by atoms with E-state index in [0.29, 0.717) is 28.0 Å². The molecule has 2 atom stereocenters. The predicted octanol–water partition coefficient (Wildman–Crippen LogP) is 7.86. The van der Waals surface area contributed by atoms with Gasteiger partial charge in [0.15, 0.2) is 17.6 Å². The Balaban J connectivity index is 1.44. The number of carboxylic acid groups (broad SMARTS) is 1. The number of carboxylic acids is 1. The van der Waals surface area contributed by atoms with Crippen LogP contribution in [0, 0.1) is 11.6 Å². The van der Waals surface area contributed by atoms with Gasteiger partial charge in [-0.1, -0.05) is 54.9 Å². The number of aryl methyl sites for hydroxylation is 1. The van der Waals surface area contributed by atoms with E-state index >= 15 is 4.39 Å². The number of aliphatic carboxylic acids is 1. The number of aromatic nitrogens is 3. The Bertz CT molecular complexity index is 2010. The van der Waals surface area contributed by atoms with Crippen LogP contribution in [0.3, 0.4) is 0 Å². The standard InChI is InChI=1S/C37H37Cl2F2N4O4PS/c1-23(35(46)47)44(16-14-24-7-6-15-43(4)21-24)50(48)28-18-31(39)29(32(41)19-28)22-51-36-42-20-34(45(36)27-11-9-26(40)10-12-27)37(2,3)25-8-13-30(38)33(17-25)49-5/h6-13,15,17-21,23,48H,14,16,22H2,1-5H3/p+1. The van der Waals surface area contributed by atoms with Crippen LogP contribution in [-0.2, 0) is 29.4 Å². The molecule has 0 aliphatic rings. The van der Waals surface area contributed by atoms with E-state index in [1.807, 2.05) is 66.7 Å². The Morgan fingerprint density at radius 3 is 2.49 bits per heavy atom. The first-order valence-corrected chi connectivity index (χ1v) is 18.9. The molecule has 2 N–H and O–H groups in total. The molecular weight excluding hydrogens is 736 g/mol. The number of halogens is 4. The zero-order valence-electron chi connectivity index (χ0n) is 28.6. The lowest BCUT2D eigenvalue weighted by atomic mass is 9.81. The maximum absolute atomic E-state index is 15.9. The zero-order chi connectivity index (χ0) is 37.0. The number of nitrogens with zero attached hydrogens (tertiary/aromatic N) is 4. The maximum atomic E-state index is 15.9. The van der Waals surface area contributed by atoms with Crippen molar-refractivity contribution in [3.63, 3.8) is 0 Å². The van der Waals surface area contributed by atoms with Crippen molar-refractivity contribution in [2.45, 2.75) is 49.6 Å². The first-order chi connectivity index (χ1) is 24.2. The highest BCUT2D eigenvalue weighted by Gasteiger charge is 2.32. The molecule has 0 saturated carbocycles. The third kappa shape index (κ3) is 8.74. The molecular formula is C37H38Cl2F2N4O4PS+. The molecule has 5 rings (SSSR count). The van der Waals surface area contributed by atoms with Crippen molar-refractivity contribution in [3.05, 3.63) is 129 Å². The summed E-state index contributed by atoms with van der Waals surface area (Å²) in [5.74, 6) is -1.53. The molecule has 2 heterocycles. The van der Waals surface area contributed by atoms with Gasteiger partial charge in [0.25, 0.3) is 0 Å². The fourth-order valence-corrected chi connectivity index (χ4v) is 8.80. The monoisotopic (exact) mass is 773 g/mol. The molecule has 0 bridgehead atoms. The van der Waals surface area contributed by atoms with Gasteiger partial charge in [-0.05, 0) is 73.5 Å². The summed E-state index contributed by atoms with van der Waals surface area (Å²) in [4.78, 5) is 28.1. The van der Waals surface area contributed by atoms with Crippen LogP contribution < -0.4 is 14.6 Å². The van der Waals surface area contributed by atoms with Crippen molar-refractivity contribution in [1.82, 2.24) is 14.2 Å².